The van der Waals surface area contributed by atoms with E-state index in [0.717, 1.165) is 38.5 Å². The van der Waals surface area contributed by atoms with Crippen molar-refractivity contribution < 1.29 is 27.4 Å². The Kier molecular flexibility index (Phi) is 6.62. The van der Waals surface area contributed by atoms with Gasteiger partial charge in [-0.15, -0.1) is 0 Å². The molecule has 0 bridgehead atoms. The summed E-state index contributed by atoms with van der Waals surface area (Å²) in [7, 11) is -2.54. The molecule has 172 valence electrons. The van der Waals surface area contributed by atoms with Gasteiger partial charge in [-0.1, -0.05) is 11.6 Å². The molecule has 0 unspecified atom stereocenters. The molecule has 2 aromatic carbocycles. The number of methoxy groups -OCH3 is 1. The molecule has 0 saturated carbocycles. The number of ether oxygens (including phenoxy) is 3. The summed E-state index contributed by atoms with van der Waals surface area (Å²) in [6, 6.07) is 6.32. The van der Waals surface area contributed by atoms with Crippen LogP contribution in [0.2, 0.25) is 5.02 Å². The lowest BCUT2D eigenvalue weighted by Crippen LogP contribution is -2.39. The third-order valence-electron chi connectivity index (χ3n) is 5.53. The average Bonchev–Trinajstić information content (AvgIpc) is 2.88. The number of nitrogens with one attached hydrogen (secondary N) is 1. The number of carbonyl (C=O) groups excluding carboxylic acids is 1. The second kappa shape index (κ2) is 9.27. The van der Waals surface area contributed by atoms with Crippen LogP contribution in [0.15, 0.2) is 29.2 Å². The number of hydrogen-bond donors (Lipinski definition) is 1. The van der Waals surface area contributed by atoms with Crippen molar-refractivity contribution in [3.63, 3.8) is 0 Å². The minimum atomic E-state index is -3.79. The highest BCUT2D eigenvalue weighted by molar-refractivity contribution is 7.90. The summed E-state index contributed by atoms with van der Waals surface area (Å²) in [6.45, 7) is 6.46. The van der Waals surface area contributed by atoms with Crippen molar-refractivity contribution in [1.82, 2.24) is 4.90 Å². The first-order valence-electron chi connectivity index (χ1n) is 10.3. The van der Waals surface area contributed by atoms with Crippen LogP contribution < -0.4 is 10.1 Å². The number of carbonyl (C=O) groups is 1. The van der Waals surface area contributed by atoms with E-state index in [9.17, 15) is 13.2 Å². The summed E-state index contributed by atoms with van der Waals surface area (Å²) < 4.78 is 42.5. The number of fused-ring (bicyclic) bond motifs is 2. The first-order chi connectivity index (χ1) is 15.3. The number of halogens is 1. The van der Waals surface area contributed by atoms with Gasteiger partial charge in [-0.05, 0) is 36.8 Å². The van der Waals surface area contributed by atoms with Crippen molar-refractivity contribution in [2.75, 3.05) is 51.8 Å². The lowest BCUT2D eigenvalue weighted by molar-refractivity contribution is 0.0398. The highest BCUT2D eigenvalue weighted by atomic mass is 35.5. The van der Waals surface area contributed by atoms with Crippen molar-refractivity contribution >= 4 is 33.1 Å². The predicted octanol–water partition coefficient (Wildman–Crippen LogP) is 3.26. The summed E-state index contributed by atoms with van der Waals surface area (Å²) in [6.07, 6.45) is 0. The van der Waals surface area contributed by atoms with E-state index in [1.54, 1.807) is 25.1 Å². The van der Waals surface area contributed by atoms with Crippen LogP contribution in [0.1, 0.15) is 21.5 Å². The van der Waals surface area contributed by atoms with Gasteiger partial charge in [0.25, 0.3) is 0 Å². The molecular weight excluding hydrogens is 456 g/mol. The van der Waals surface area contributed by atoms with E-state index in [2.05, 4.69) is 10.2 Å². The zero-order valence-corrected chi connectivity index (χ0v) is 19.5. The number of anilines is 1. The molecule has 1 N–H and O–H groups in total. The van der Waals surface area contributed by atoms with Crippen LogP contribution in [0, 0.1) is 6.92 Å². The Balaban J connectivity index is 1.61. The number of aryl methyl sites for hydroxylation is 1. The Hall–Kier alpha value is -2.33. The molecule has 0 spiro atoms. The molecule has 8 nitrogen and oxygen atoms in total. The Morgan fingerprint density at radius 1 is 1.19 bits per heavy atom. The van der Waals surface area contributed by atoms with Gasteiger partial charge in [0.2, 0.25) is 0 Å². The van der Waals surface area contributed by atoms with E-state index in [-0.39, 0.29) is 22.0 Å². The van der Waals surface area contributed by atoms with Crippen molar-refractivity contribution in [3.8, 4) is 11.5 Å². The Morgan fingerprint density at radius 2 is 1.94 bits per heavy atom. The molecule has 0 aromatic heterocycles. The highest BCUT2D eigenvalue weighted by Crippen LogP contribution is 2.44. The second-order valence-corrected chi connectivity index (χ2v) is 10.2. The van der Waals surface area contributed by atoms with Crippen molar-refractivity contribution in [2.45, 2.75) is 17.6 Å². The number of esters is 1. The molecule has 0 aliphatic carbocycles. The number of benzene rings is 2. The van der Waals surface area contributed by atoms with Gasteiger partial charge in [-0.2, -0.15) is 0 Å². The van der Waals surface area contributed by atoms with Crippen LogP contribution in [-0.4, -0.2) is 65.8 Å². The quantitative estimate of drug-likeness (QED) is 0.652. The SMILES string of the molecule is COC(=O)c1cc(C)c2c(c1)S(=O)(=O)Cc1cc(NCCN3CCOCC3)cc(Cl)c1O2. The topological polar surface area (TPSA) is 94.2 Å². The highest BCUT2D eigenvalue weighted by Gasteiger charge is 2.31. The molecule has 0 atom stereocenters. The Labute approximate surface area is 192 Å². The summed E-state index contributed by atoms with van der Waals surface area (Å²) >= 11 is 6.50. The fourth-order valence-corrected chi connectivity index (χ4v) is 5.73. The average molecular weight is 481 g/mol. The molecule has 1 saturated heterocycles. The van der Waals surface area contributed by atoms with Gasteiger partial charge in [0.05, 0.1) is 36.7 Å². The molecule has 2 aliphatic rings. The largest absolute Gasteiger partial charge is 0.465 e. The molecule has 2 aliphatic heterocycles. The smallest absolute Gasteiger partial charge is 0.337 e. The maximum atomic E-state index is 13.2. The van der Waals surface area contributed by atoms with Gasteiger partial charge in [-0.25, -0.2) is 13.2 Å². The molecule has 0 radical (unpaired) electrons. The van der Waals surface area contributed by atoms with Crippen molar-refractivity contribution in [3.05, 3.63) is 46.0 Å². The molecule has 2 heterocycles. The van der Waals surface area contributed by atoms with Gasteiger partial charge >= 0.3 is 5.97 Å². The van der Waals surface area contributed by atoms with E-state index in [4.69, 9.17) is 25.8 Å². The van der Waals surface area contributed by atoms with Gasteiger partial charge in [-0.3, -0.25) is 4.90 Å². The predicted molar refractivity (Wildman–Crippen MR) is 121 cm³/mol. The third-order valence-corrected chi connectivity index (χ3v) is 7.47. The van der Waals surface area contributed by atoms with E-state index in [0.29, 0.717) is 28.4 Å². The summed E-state index contributed by atoms with van der Waals surface area (Å²) in [4.78, 5) is 14.2. The Bertz CT molecular complexity index is 1150. The van der Waals surface area contributed by atoms with Crippen LogP contribution in [0.3, 0.4) is 0 Å². The monoisotopic (exact) mass is 480 g/mol. The molecular formula is C22H25ClN2O6S. The van der Waals surface area contributed by atoms with Crippen molar-refractivity contribution in [2.24, 2.45) is 0 Å². The van der Waals surface area contributed by atoms with Gasteiger partial charge < -0.3 is 19.5 Å². The number of nitrogens with zero attached hydrogens (tertiary/aromatic N) is 1. The molecule has 1 fully saturated rings. The standard InChI is InChI=1S/C22H25ClN2O6S/c1-14-9-15(22(26)29-2)11-19-20(14)31-21-16(13-32(19,27)28)10-17(12-18(21)23)24-3-4-25-5-7-30-8-6-25/h9-12,24H,3-8,13H2,1-2H3. The maximum Gasteiger partial charge on any atom is 0.337 e. The van der Waals surface area contributed by atoms with Gasteiger partial charge in [0, 0.05) is 37.4 Å². The minimum Gasteiger partial charge on any atom is -0.465 e. The van der Waals surface area contributed by atoms with E-state index < -0.39 is 15.8 Å². The number of rotatable bonds is 5. The fraction of sp³-hybridized carbons (Fsp3) is 0.409. The molecule has 4 rings (SSSR count). The van der Waals surface area contributed by atoms with Crippen molar-refractivity contribution in [1.29, 1.82) is 0 Å². The zero-order chi connectivity index (χ0) is 22.9. The first kappa shape index (κ1) is 22.8. The van der Waals surface area contributed by atoms with Crippen LogP contribution in [0.25, 0.3) is 0 Å². The van der Waals surface area contributed by atoms with Crippen LogP contribution in [0.5, 0.6) is 11.5 Å². The third kappa shape index (κ3) is 4.71. The number of morpholine rings is 1. The summed E-state index contributed by atoms with van der Waals surface area (Å²) in [5.41, 5.74) is 1.84. The van der Waals surface area contributed by atoms with E-state index in [1.807, 2.05) is 0 Å². The normalized spacial score (nSPS) is 17.5. The van der Waals surface area contributed by atoms with Crippen LogP contribution in [-0.2, 0) is 25.1 Å². The number of hydrogen-bond acceptors (Lipinski definition) is 8. The van der Waals surface area contributed by atoms with Gasteiger partial charge in [0.1, 0.15) is 16.4 Å². The van der Waals surface area contributed by atoms with Crippen LogP contribution >= 0.6 is 11.6 Å². The van der Waals surface area contributed by atoms with E-state index >= 15 is 0 Å². The molecule has 32 heavy (non-hydrogen) atoms. The van der Waals surface area contributed by atoms with Gasteiger partial charge in [0.15, 0.2) is 9.84 Å². The summed E-state index contributed by atoms with van der Waals surface area (Å²) in [5.74, 6) is -0.427. The molecule has 0 amide bonds. The lowest BCUT2D eigenvalue weighted by Gasteiger charge is -2.26. The summed E-state index contributed by atoms with van der Waals surface area (Å²) in [5, 5.41) is 3.63. The minimum absolute atomic E-state index is 0.0491. The maximum absolute atomic E-state index is 13.2. The fourth-order valence-electron chi connectivity index (χ4n) is 3.88. The van der Waals surface area contributed by atoms with E-state index in [1.165, 1.54) is 13.2 Å². The zero-order valence-electron chi connectivity index (χ0n) is 17.9. The van der Waals surface area contributed by atoms with Crippen LogP contribution in [0.4, 0.5) is 5.69 Å². The lowest BCUT2D eigenvalue weighted by atomic mass is 10.1. The molecule has 10 heteroatoms. The number of sulfone groups is 1. The molecule has 2 aromatic rings. The first-order valence-corrected chi connectivity index (χ1v) is 12.3. The second-order valence-electron chi connectivity index (χ2n) is 7.80. The Morgan fingerprint density at radius 3 is 2.66 bits per heavy atom.